The summed E-state index contributed by atoms with van der Waals surface area (Å²) >= 11 is 3.01. The summed E-state index contributed by atoms with van der Waals surface area (Å²) in [6.07, 6.45) is -3.44. The van der Waals surface area contributed by atoms with Crippen LogP contribution in [0.15, 0.2) is 22.7 Å². The summed E-state index contributed by atoms with van der Waals surface area (Å²) in [5.74, 6) is -0.225. The topological polar surface area (TPSA) is 20.3 Å². The summed E-state index contributed by atoms with van der Waals surface area (Å²) in [5, 5.41) is 0. The molecule has 0 bridgehead atoms. The zero-order valence-corrected chi connectivity index (χ0v) is 10.3. The molecule has 1 aromatic rings. The van der Waals surface area contributed by atoms with Gasteiger partial charge in [-0.05, 0) is 40.5 Å². The minimum absolute atomic E-state index is 0.184. The SMILES string of the molecule is O=C(c1ccc(C(F)(F)F)cc1Br)N1CCC1. The van der Waals surface area contributed by atoms with Gasteiger partial charge in [0.2, 0.25) is 0 Å². The molecule has 0 saturated carbocycles. The number of carbonyl (C=O) groups is 1. The van der Waals surface area contributed by atoms with Crippen LogP contribution in [0.5, 0.6) is 0 Å². The van der Waals surface area contributed by atoms with E-state index in [0.29, 0.717) is 13.1 Å². The van der Waals surface area contributed by atoms with Crippen LogP contribution in [0.1, 0.15) is 22.3 Å². The van der Waals surface area contributed by atoms with Crippen molar-refractivity contribution in [1.82, 2.24) is 4.90 Å². The Bertz CT molecular complexity index is 455. The van der Waals surface area contributed by atoms with E-state index in [-0.39, 0.29) is 15.9 Å². The Morgan fingerprint density at radius 2 is 1.94 bits per heavy atom. The molecule has 0 aliphatic carbocycles. The van der Waals surface area contributed by atoms with Crippen molar-refractivity contribution in [2.75, 3.05) is 13.1 Å². The fraction of sp³-hybridized carbons (Fsp3) is 0.364. The van der Waals surface area contributed by atoms with Crippen LogP contribution in [0.2, 0.25) is 0 Å². The van der Waals surface area contributed by atoms with Crippen molar-refractivity contribution in [3.8, 4) is 0 Å². The van der Waals surface area contributed by atoms with Gasteiger partial charge in [-0.1, -0.05) is 0 Å². The molecule has 1 heterocycles. The summed E-state index contributed by atoms with van der Waals surface area (Å²) in [6.45, 7) is 1.35. The lowest BCUT2D eigenvalue weighted by molar-refractivity contribution is -0.137. The summed E-state index contributed by atoms with van der Waals surface area (Å²) < 4.78 is 37.4. The highest BCUT2D eigenvalue weighted by Gasteiger charge is 2.32. The first kappa shape index (κ1) is 12.4. The molecule has 0 N–H and O–H groups in total. The van der Waals surface area contributed by atoms with Crippen LogP contribution in [-0.2, 0) is 6.18 Å². The molecule has 2 rings (SSSR count). The normalized spacial score (nSPS) is 15.6. The van der Waals surface area contributed by atoms with E-state index in [2.05, 4.69) is 15.9 Å². The van der Waals surface area contributed by atoms with Crippen molar-refractivity contribution in [1.29, 1.82) is 0 Å². The van der Waals surface area contributed by atoms with E-state index in [1.807, 2.05) is 0 Å². The van der Waals surface area contributed by atoms with E-state index in [4.69, 9.17) is 0 Å². The molecule has 1 saturated heterocycles. The molecule has 1 aliphatic rings. The van der Waals surface area contributed by atoms with Gasteiger partial charge in [0.1, 0.15) is 0 Å². The lowest BCUT2D eigenvalue weighted by Gasteiger charge is -2.31. The smallest absolute Gasteiger partial charge is 0.338 e. The number of rotatable bonds is 1. The third-order valence-electron chi connectivity index (χ3n) is 2.67. The van der Waals surface area contributed by atoms with Gasteiger partial charge in [-0.2, -0.15) is 13.2 Å². The Labute approximate surface area is 105 Å². The van der Waals surface area contributed by atoms with Gasteiger partial charge in [0.05, 0.1) is 11.1 Å². The maximum atomic E-state index is 12.4. The van der Waals surface area contributed by atoms with Gasteiger partial charge in [-0.15, -0.1) is 0 Å². The van der Waals surface area contributed by atoms with Gasteiger partial charge < -0.3 is 4.90 Å². The lowest BCUT2D eigenvalue weighted by Crippen LogP contribution is -2.42. The summed E-state index contributed by atoms with van der Waals surface area (Å²) in [4.78, 5) is 13.4. The molecule has 1 aliphatic heterocycles. The molecule has 17 heavy (non-hydrogen) atoms. The fourth-order valence-electron chi connectivity index (χ4n) is 1.55. The van der Waals surface area contributed by atoms with E-state index < -0.39 is 11.7 Å². The molecule has 0 spiro atoms. The van der Waals surface area contributed by atoms with E-state index in [1.165, 1.54) is 6.07 Å². The zero-order chi connectivity index (χ0) is 12.6. The highest BCUT2D eigenvalue weighted by Crippen LogP contribution is 2.32. The maximum absolute atomic E-state index is 12.4. The summed E-state index contributed by atoms with van der Waals surface area (Å²) in [6, 6.07) is 3.08. The average molecular weight is 308 g/mol. The second-order valence-corrected chi connectivity index (χ2v) is 4.69. The number of hydrogen-bond donors (Lipinski definition) is 0. The molecule has 1 aromatic carbocycles. The van der Waals surface area contributed by atoms with E-state index >= 15 is 0 Å². The molecule has 92 valence electrons. The molecule has 2 nitrogen and oxygen atoms in total. The zero-order valence-electron chi connectivity index (χ0n) is 8.72. The molecule has 0 unspecified atom stereocenters. The largest absolute Gasteiger partial charge is 0.416 e. The predicted molar refractivity (Wildman–Crippen MR) is 59.7 cm³/mol. The molecule has 0 atom stereocenters. The second kappa shape index (κ2) is 4.33. The first-order chi connectivity index (χ1) is 7.89. The van der Waals surface area contributed by atoms with Gasteiger partial charge in [0, 0.05) is 17.6 Å². The number of likely N-dealkylation sites (tertiary alicyclic amines) is 1. The highest BCUT2D eigenvalue weighted by molar-refractivity contribution is 9.10. The van der Waals surface area contributed by atoms with Gasteiger partial charge in [-0.25, -0.2) is 0 Å². The van der Waals surface area contributed by atoms with Crippen molar-refractivity contribution >= 4 is 21.8 Å². The minimum Gasteiger partial charge on any atom is -0.338 e. The van der Waals surface area contributed by atoms with Gasteiger partial charge in [0.25, 0.3) is 5.91 Å². The van der Waals surface area contributed by atoms with Crippen LogP contribution < -0.4 is 0 Å². The van der Waals surface area contributed by atoms with Gasteiger partial charge in [0.15, 0.2) is 0 Å². The summed E-state index contributed by atoms with van der Waals surface area (Å²) in [5.41, 5.74) is -0.484. The molecule has 6 heteroatoms. The van der Waals surface area contributed by atoms with Crippen molar-refractivity contribution in [3.05, 3.63) is 33.8 Å². The molecule has 0 aromatic heterocycles. The minimum atomic E-state index is -4.39. The predicted octanol–water partition coefficient (Wildman–Crippen LogP) is 3.31. The number of alkyl halides is 3. The highest BCUT2D eigenvalue weighted by atomic mass is 79.9. The Kier molecular flexibility index (Phi) is 3.16. The number of carbonyl (C=O) groups excluding carboxylic acids is 1. The standard InChI is InChI=1S/C11H9BrF3NO/c12-9-6-7(11(13,14)15)2-3-8(9)10(17)16-4-1-5-16/h2-3,6H,1,4-5H2. The summed E-state index contributed by atoms with van der Waals surface area (Å²) in [7, 11) is 0. The van der Waals surface area contributed by atoms with Gasteiger partial charge >= 0.3 is 6.18 Å². The molecular weight excluding hydrogens is 299 g/mol. The number of benzene rings is 1. The van der Waals surface area contributed by atoms with Crippen molar-refractivity contribution < 1.29 is 18.0 Å². The van der Waals surface area contributed by atoms with E-state index in [9.17, 15) is 18.0 Å². The van der Waals surface area contributed by atoms with Crippen molar-refractivity contribution in [2.45, 2.75) is 12.6 Å². The van der Waals surface area contributed by atoms with Gasteiger partial charge in [-0.3, -0.25) is 4.79 Å². The number of halogens is 4. The molecular formula is C11H9BrF3NO. The first-order valence-corrected chi connectivity index (χ1v) is 5.85. The molecule has 1 amide bonds. The third-order valence-corrected chi connectivity index (χ3v) is 3.33. The Hall–Kier alpha value is -1.04. The molecule has 1 fully saturated rings. The third kappa shape index (κ3) is 2.46. The number of amides is 1. The van der Waals surface area contributed by atoms with Crippen LogP contribution in [0.4, 0.5) is 13.2 Å². The van der Waals surface area contributed by atoms with Crippen LogP contribution in [0, 0.1) is 0 Å². The monoisotopic (exact) mass is 307 g/mol. The van der Waals surface area contributed by atoms with Crippen LogP contribution in [0.3, 0.4) is 0 Å². The molecule has 0 radical (unpaired) electrons. The second-order valence-electron chi connectivity index (χ2n) is 3.84. The van der Waals surface area contributed by atoms with Crippen LogP contribution >= 0.6 is 15.9 Å². The Morgan fingerprint density at radius 1 is 1.29 bits per heavy atom. The van der Waals surface area contributed by atoms with Crippen LogP contribution in [-0.4, -0.2) is 23.9 Å². The number of nitrogens with zero attached hydrogens (tertiary/aromatic N) is 1. The quantitative estimate of drug-likeness (QED) is 0.779. The lowest BCUT2D eigenvalue weighted by atomic mass is 10.1. The van der Waals surface area contributed by atoms with E-state index in [1.54, 1.807) is 4.90 Å². The Morgan fingerprint density at radius 3 is 2.35 bits per heavy atom. The Balaban J connectivity index is 2.28. The van der Waals surface area contributed by atoms with Crippen molar-refractivity contribution in [2.24, 2.45) is 0 Å². The average Bonchev–Trinajstić information content (AvgIpc) is 2.12. The van der Waals surface area contributed by atoms with E-state index in [0.717, 1.165) is 18.6 Å². The number of hydrogen-bond acceptors (Lipinski definition) is 1. The maximum Gasteiger partial charge on any atom is 0.416 e. The first-order valence-electron chi connectivity index (χ1n) is 5.05. The van der Waals surface area contributed by atoms with Crippen LogP contribution in [0.25, 0.3) is 0 Å². The van der Waals surface area contributed by atoms with Crippen molar-refractivity contribution in [3.63, 3.8) is 0 Å². The fourth-order valence-corrected chi connectivity index (χ4v) is 2.10.